The zero-order chi connectivity index (χ0) is 12.5. The van der Waals surface area contributed by atoms with Gasteiger partial charge >= 0.3 is 5.97 Å². The van der Waals surface area contributed by atoms with Crippen LogP contribution in [0.25, 0.3) is 0 Å². The molecule has 1 N–H and O–H groups in total. The molecule has 0 saturated carbocycles. The van der Waals surface area contributed by atoms with Crippen molar-refractivity contribution in [1.82, 2.24) is 9.97 Å². The number of aliphatic carboxylic acids is 1. The van der Waals surface area contributed by atoms with Crippen LogP contribution in [0.1, 0.15) is 19.8 Å². The molecule has 1 aromatic rings. The molecular weight excluding hydrogens is 225 g/mol. The number of hydrogen-bond donors (Lipinski definition) is 1. The summed E-state index contributed by atoms with van der Waals surface area (Å²) >= 11 is 0. The summed E-state index contributed by atoms with van der Waals surface area (Å²) in [6.45, 7) is 2.90. The van der Waals surface area contributed by atoms with Gasteiger partial charge in [0.15, 0.2) is 5.82 Å². The van der Waals surface area contributed by atoms with Gasteiger partial charge in [-0.1, -0.05) is 0 Å². The van der Waals surface area contributed by atoms with Gasteiger partial charge in [0.2, 0.25) is 5.95 Å². The lowest BCUT2D eigenvalue weighted by Crippen LogP contribution is -2.43. The molecule has 0 amide bonds. The minimum Gasteiger partial charge on any atom is -0.481 e. The number of halogens is 1. The van der Waals surface area contributed by atoms with Gasteiger partial charge in [-0.25, -0.2) is 14.4 Å². The Morgan fingerprint density at radius 2 is 1.94 bits per heavy atom. The van der Waals surface area contributed by atoms with Crippen LogP contribution in [0.5, 0.6) is 0 Å². The number of carboxylic acid groups (broad SMARTS) is 1. The van der Waals surface area contributed by atoms with Crippen molar-refractivity contribution >= 4 is 11.9 Å². The molecule has 0 bridgehead atoms. The molecule has 5 nitrogen and oxygen atoms in total. The topological polar surface area (TPSA) is 66.3 Å². The number of rotatable bonds is 2. The maximum absolute atomic E-state index is 12.7. The molecule has 1 aliphatic rings. The summed E-state index contributed by atoms with van der Waals surface area (Å²) in [5.41, 5.74) is -0.670. The van der Waals surface area contributed by atoms with Gasteiger partial charge in [0, 0.05) is 13.1 Å². The summed E-state index contributed by atoms with van der Waals surface area (Å²) in [5, 5.41) is 9.09. The molecule has 1 fully saturated rings. The third-order valence-electron chi connectivity index (χ3n) is 3.27. The molecule has 1 aliphatic heterocycles. The molecular formula is C11H14FN3O2. The van der Waals surface area contributed by atoms with Crippen LogP contribution < -0.4 is 4.90 Å². The molecule has 0 spiro atoms. The number of carboxylic acids is 1. The maximum Gasteiger partial charge on any atom is 0.309 e. The first kappa shape index (κ1) is 11.8. The van der Waals surface area contributed by atoms with E-state index < -0.39 is 17.2 Å². The summed E-state index contributed by atoms with van der Waals surface area (Å²) in [4.78, 5) is 20.7. The summed E-state index contributed by atoms with van der Waals surface area (Å²) in [6, 6.07) is 0. The van der Waals surface area contributed by atoms with E-state index in [1.54, 1.807) is 6.92 Å². The molecule has 0 aromatic carbocycles. The molecule has 0 aliphatic carbocycles. The lowest BCUT2D eigenvalue weighted by atomic mass is 9.80. The Labute approximate surface area is 98.3 Å². The predicted octanol–water partition coefficient (Wildman–Crippen LogP) is 1.31. The average molecular weight is 239 g/mol. The highest BCUT2D eigenvalue weighted by Gasteiger charge is 2.37. The Kier molecular flexibility index (Phi) is 2.95. The first-order valence-corrected chi connectivity index (χ1v) is 5.47. The van der Waals surface area contributed by atoms with Crippen molar-refractivity contribution < 1.29 is 14.3 Å². The Balaban J connectivity index is 2.04. The molecule has 0 unspecified atom stereocenters. The zero-order valence-electron chi connectivity index (χ0n) is 9.56. The molecule has 6 heteroatoms. The van der Waals surface area contributed by atoms with E-state index in [0.29, 0.717) is 31.9 Å². The number of hydrogen-bond acceptors (Lipinski definition) is 4. The van der Waals surface area contributed by atoms with Gasteiger partial charge in [0.25, 0.3) is 0 Å². The van der Waals surface area contributed by atoms with Crippen molar-refractivity contribution in [2.24, 2.45) is 5.41 Å². The Morgan fingerprint density at radius 1 is 1.41 bits per heavy atom. The summed E-state index contributed by atoms with van der Waals surface area (Å²) in [6.07, 6.45) is 3.33. The van der Waals surface area contributed by atoms with Crippen LogP contribution in [0, 0.1) is 11.2 Å². The minimum atomic E-state index is -0.767. The summed E-state index contributed by atoms with van der Waals surface area (Å²) in [5.74, 6) is -0.780. The summed E-state index contributed by atoms with van der Waals surface area (Å²) in [7, 11) is 0. The van der Waals surface area contributed by atoms with E-state index in [-0.39, 0.29) is 0 Å². The third-order valence-corrected chi connectivity index (χ3v) is 3.27. The van der Waals surface area contributed by atoms with Gasteiger partial charge in [-0.2, -0.15) is 0 Å². The first-order chi connectivity index (χ1) is 8.01. The zero-order valence-corrected chi connectivity index (χ0v) is 9.56. The van der Waals surface area contributed by atoms with E-state index in [9.17, 15) is 9.18 Å². The lowest BCUT2D eigenvalue weighted by molar-refractivity contribution is -0.149. The Hall–Kier alpha value is -1.72. The van der Waals surface area contributed by atoms with Crippen LogP contribution in [-0.4, -0.2) is 34.1 Å². The highest BCUT2D eigenvalue weighted by atomic mass is 19.1. The van der Waals surface area contributed by atoms with Gasteiger partial charge in [-0.15, -0.1) is 0 Å². The number of nitrogens with zero attached hydrogens (tertiary/aromatic N) is 3. The molecule has 17 heavy (non-hydrogen) atoms. The maximum atomic E-state index is 12.7. The van der Waals surface area contributed by atoms with Gasteiger partial charge in [-0.3, -0.25) is 4.79 Å². The van der Waals surface area contributed by atoms with Gasteiger partial charge in [0.1, 0.15) is 0 Å². The third kappa shape index (κ3) is 2.35. The highest BCUT2D eigenvalue weighted by Crippen LogP contribution is 2.32. The monoisotopic (exact) mass is 239 g/mol. The number of anilines is 1. The fourth-order valence-electron chi connectivity index (χ4n) is 1.88. The molecule has 1 aromatic heterocycles. The van der Waals surface area contributed by atoms with Crippen LogP contribution in [-0.2, 0) is 4.79 Å². The smallest absolute Gasteiger partial charge is 0.309 e. The quantitative estimate of drug-likeness (QED) is 0.842. The second-order valence-electron chi connectivity index (χ2n) is 4.55. The summed E-state index contributed by atoms with van der Waals surface area (Å²) < 4.78 is 12.7. The van der Waals surface area contributed by atoms with Crippen molar-refractivity contribution in [3.63, 3.8) is 0 Å². The van der Waals surface area contributed by atoms with E-state index in [4.69, 9.17) is 5.11 Å². The van der Waals surface area contributed by atoms with Crippen molar-refractivity contribution in [2.75, 3.05) is 18.0 Å². The van der Waals surface area contributed by atoms with Crippen molar-refractivity contribution in [3.8, 4) is 0 Å². The van der Waals surface area contributed by atoms with Crippen LogP contribution in [0.4, 0.5) is 10.3 Å². The van der Waals surface area contributed by atoms with Crippen LogP contribution >= 0.6 is 0 Å². The minimum absolute atomic E-state index is 0.457. The van der Waals surface area contributed by atoms with Crippen molar-refractivity contribution in [3.05, 3.63) is 18.2 Å². The lowest BCUT2D eigenvalue weighted by Gasteiger charge is -2.36. The average Bonchev–Trinajstić information content (AvgIpc) is 2.31. The van der Waals surface area contributed by atoms with Crippen LogP contribution in [0.3, 0.4) is 0 Å². The van der Waals surface area contributed by atoms with Gasteiger partial charge in [0.05, 0.1) is 17.8 Å². The Bertz CT molecular complexity index is 413. The predicted molar refractivity (Wildman–Crippen MR) is 59.2 cm³/mol. The van der Waals surface area contributed by atoms with Gasteiger partial charge < -0.3 is 10.0 Å². The molecule has 2 heterocycles. The van der Waals surface area contributed by atoms with Crippen molar-refractivity contribution in [2.45, 2.75) is 19.8 Å². The second kappa shape index (κ2) is 4.27. The number of carbonyl (C=O) groups is 1. The van der Waals surface area contributed by atoms with Crippen LogP contribution in [0.2, 0.25) is 0 Å². The Morgan fingerprint density at radius 3 is 2.41 bits per heavy atom. The fraction of sp³-hybridized carbons (Fsp3) is 0.545. The largest absolute Gasteiger partial charge is 0.481 e. The van der Waals surface area contributed by atoms with E-state index >= 15 is 0 Å². The second-order valence-corrected chi connectivity index (χ2v) is 4.55. The standard InChI is InChI=1S/C11H14FN3O2/c1-11(9(16)17)2-4-15(5-3-11)10-13-6-8(12)7-14-10/h6-7H,2-5H2,1H3,(H,16,17). The van der Waals surface area contributed by atoms with E-state index in [1.165, 1.54) is 0 Å². The van der Waals surface area contributed by atoms with Crippen LogP contribution in [0.15, 0.2) is 12.4 Å². The van der Waals surface area contributed by atoms with Crippen molar-refractivity contribution in [1.29, 1.82) is 0 Å². The van der Waals surface area contributed by atoms with E-state index in [1.807, 2.05) is 4.90 Å². The fourth-order valence-corrected chi connectivity index (χ4v) is 1.88. The molecule has 2 rings (SSSR count). The number of piperidine rings is 1. The molecule has 0 atom stereocenters. The SMILES string of the molecule is CC1(C(=O)O)CCN(c2ncc(F)cn2)CC1. The molecule has 92 valence electrons. The van der Waals surface area contributed by atoms with Gasteiger partial charge in [-0.05, 0) is 19.8 Å². The molecule has 1 saturated heterocycles. The normalized spacial score (nSPS) is 19.1. The number of aromatic nitrogens is 2. The molecule has 0 radical (unpaired) electrons. The highest BCUT2D eigenvalue weighted by molar-refractivity contribution is 5.74. The van der Waals surface area contributed by atoms with E-state index in [2.05, 4.69) is 9.97 Å². The first-order valence-electron chi connectivity index (χ1n) is 5.47. The van der Waals surface area contributed by atoms with E-state index in [0.717, 1.165) is 12.4 Å².